The van der Waals surface area contributed by atoms with Crippen molar-refractivity contribution in [1.82, 2.24) is 0 Å². The molecule has 0 aromatic rings. The van der Waals surface area contributed by atoms with Crippen molar-refractivity contribution in [3.05, 3.63) is 0 Å². The molecule has 90 valence electrons. The molecule has 0 aromatic heterocycles. The molecule has 1 fully saturated rings. The van der Waals surface area contributed by atoms with E-state index in [-0.39, 0.29) is 0 Å². The van der Waals surface area contributed by atoms with Crippen LogP contribution >= 0.6 is 0 Å². The quantitative estimate of drug-likeness (QED) is 0.313. The van der Waals surface area contributed by atoms with E-state index in [1.165, 1.54) is 0 Å². The van der Waals surface area contributed by atoms with Gasteiger partial charge in [-0.3, -0.25) is 4.55 Å². The number of aliphatic hydroxyl groups is 2. The zero-order valence-electron chi connectivity index (χ0n) is 7.81. The minimum Gasteiger partial charge on any atom is -0.387 e. The summed E-state index contributed by atoms with van der Waals surface area (Å²) in [6.07, 6.45) is -4.34. The van der Waals surface area contributed by atoms with Crippen molar-refractivity contribution in [1.29, 1.82) is 0 Å². The van der Waals surface area contributed by atoms with Gasteiger partial charge in [0.2, 0.25) is 6.29 Å². The van der Waals surface area contributed by atoms with E-state index < -0.39 is 35.0 Å². The van der Waals surface area contributed by atoms with Crippen molar-refractivity contribution in [2.45, 2.75) is 37.9 Å². The van der Waals surface area contributed by atoms with Crippen LogP contribution in [-0.2, 0) is 24.4 Å². The maximum Gasteiger partial charge on any atom is 0.424 e. The highest BCUT2D eigenvalue weighted by atomic mass is 32.3. The molecular formula is C6H12O8S. The smallest absolute Gasteiger partial charge is 0.387 e. The van der Waals surface area contributed by atoms with E-state index in [1.54, 1.807) is 6.92 Å². The molecule has 1 rings (SSSR count). The largest absolute Gasteiger partial charge is 0.424 e. The van der Waals surface area contributed by atoms with Gasteiger partial charge in [0.05, 0.1) is 6.10 Å². The van der Waals surface area contributed by atoms with Crippen molar-refractivity contribution in [3.63, 3.8) is 0 Å². The van der Waals surface area contributed by atoms with Crippen LogP contribution < -0.4 is 0 Å². The molecule has 0 bridgehead atoms. The fourth-order valence-electron chi connectivity index (χ4n) is 1.22. The van der Waals surface area contributed by atoms with Crippen molar-refractivity contribution in [2.75, 3.05) is 0 Å². The summed E-state index contributed by atoms with van der Waals surface area (Å²) in [5, 5.41) is 18.6. The van der Waals surface area contributed by atoms with E-state index in [4.69, 9.17) is 9.29 Å². The maximum atomic E-state index is 10.1. The highest BCUT2D eigenvalue weighted by molar-refractivity contribution is 7.80. The summed E-state index contributed by atoms with van der Waals surface area (Å²) >= 11 is 0. The van der Waals surface area contributed by atoms with Crippen molar-refractivity contribution in [2.24, 2.45) is 0 Å². The molecule has 8 nitrogen and oxygen atoms in total. The molecule has 1 aliphatic rings. The highest BCUT2D eigenvalue weighted by Crippen LogP contribution is 2.24. The summed E-state index contributed by atoms with van der Waals surface area (Å²) in [6, 6.07) is 0. The lowest BCUT2D eigenvalue weighted by Crippen LogP contribution is -2.33. The fraction of sp³-hybridized carbons (Fsp3) is 1.00. The van der Waals surface area contributed by atoms with E-state index in [9.17, 15) is 18.6 Å². The van der Waals surface area contributed by atoms with E-state index >= 15 is 0 Å². The minimum absolute atomic E-state index is 0.407. The molecule has 0 spiro atoms. The van der Waals surface area contributed by atoms with Crippen LogP contribution in [-0.4, -0.2) is 47.8 Å². The van der Waals surface area contributed by atoms with Crippen LogP contribution in [0.2, 0.25) is 0 Å². The highest BCUT2D eigenvalue weighted by Gasteiger charge is 2.43. The van der Waals surface area contributed by atoms with E-state index in [2.05, 4.69) is 9.22 Å². The third kappa shape index (κ3) is 3.34. The summed E-state index contributed by atoms with van der Waals surface area (Å²) in [5.74, 6) is 0. The lowest BCUT2D eigenvalue weighted by Gasteiger charge is -2.11. The van der Waals surface area contributed by atoms with Crippen LogP contribution in [0.15, 0.2) is 0 Å². The third-order valence-corrected chi connectivity index (χ3v) is 2.19. The number of aliphatic hydroxyl groups excluding tert-OH is 2. The zero-order valence-corrected chi connectivity index (χ0v) is 8.62. The van der Waals surface area contributed by atoms with Gasteiger partial charge in [-0.25, -0.2) is 0 Å². The predicted molar refractivity (Wildman–Crippen MR) is 44.7 cm³/mol. The first-order valence-electron chi connectivity index (χ1n) is 4.19. The molecule has 1 saturated heterocycles. The second kappa shape index (κ2) is 4.70. The van der Waals surface area contributed by atoms with Crippen LogP contribution in [0.4, 0.5) is 0 Å². The molecular weight excluding hydrogens is 232 g/mol. The molecule has 4 atom stereocenters. The van der Waals surface area contributed by atoms with Gasteiger partial charge in [-0.05, 0) is 6.42 Å². The molecule has 0 saturated carbocycles. The molecule has 1 aliphatic heterocycles. The van der Waals surface area contributed by atoms with Crippen LogP contribution in [0, 0.1) is 0 Å². The molecule has 1 unspecified atom stereocenters. The Morgan fingerprint density at radius 3 is 2.33 bits per heavy atom. The van der Waals surface area contributed by atoms with Gasteiger partial charge in [0.1, 0.15) is 12.2 Å². The van der Waals surface area contributed by atoms with Crippen molar-refractivity contribution < 1.29 is 37.1 Å². The first-order valence-corrected chi connectivity index (χ1v) is 5.55. The molecule has 3 N–H and O–H groups in total. The van der Waals surface area contributed by atoms with Crippen LogP contribution in [0.1, 0.15) is 13.3 Å². The van der Waals surface area contributed by atoms with Gasteiger partial charge in [-0.15, -0.1) is 0 Å². The van der Waals surface area contributed by atoms with Gasteiger partial charge in [0.25, 0.3) is 0 Å². The van der Waals surface area contributed by atoms with Gasteiger partial charge in [0, 0.05) is 0 Å². The lowest BCUT2D eigenvalue weighted by atomic mass is 10.1. The van der Waals surface area contributed by atoms with Crippen LogP contribution in [0.5, 0.6) is 0 Å². The van der Waals surface area contributed by atoms with Gasteiger partial charge in [-0.2, -0.15) is 13.3 Å². The Morgan fingerprint density at radius 2 is 1.93 bits per heavy atom. The standard InChI is InChI=1S/C6H12O8S/c1-2-3-4(7)5(8)6(12-3)13-14-15(9,10)11/h3-8H,2H2,1H3,(H,9,10,11)/t3-,4+,5-,6?/m1/s1. The van der Waals surface area contributed by atoms with E-state index in [0.29, 0.717) is 6.42 Å². The first-order chi connectivity index (χ1) is 6.85. The molecule has 0 aliphatic carbocycles. The first kappa shape index (κ1) is 12.8. The van der Waals surface area contributed by atoms with Gasteiger partial charge in [-0.1, -0.05) is 11.3 Å². The maximum absolute atomic E-state index is 10.1. The third-order valence-electron chi connectivity index (χ3n) is 1.94. The molecule has 0 radical (unpaired) electrons. The van der Waals surface area contributed by atoms with Crippen LogP contribution in [0.3, 0.4) is 0 Å². The average Bonchev–Trinajstić information content (AvgIpc) is 2.40. The van der Waals surface area contributed by atoms with Crippen molar-refractivity contribution in [3.8, 4) is 0 Å². The molecule has 15 heavy (non-hydrogen) atoms. The summed E-state index contributed by atoms with van der Waals surface area (Å²) < 4.78 is 36.9. The lowest BCUT2D eigenvalue weighted by molar-refractivity contribution is -0.329. The Hall–Kier alpha value is -0.290. The Labute approximate surface area is 86.3 Å². The van der Waals surface area contributed by atoms with Gasteiger partial charge >= 0.3 is 10.4 Å². The SMILES string of the molecule is CC[C@H]1OC(OOS(=O)(=O)O)[C@H](O)[C@H]1O. The number of rotatable bonds is 4. The molecule has 0 aromatic carbocycles. The van der Waals surface area contributed by atoms with E-state index in [1.807, 2.05) is 0 Å². The Balaban J connectivity index is 2.51. The predicted octanol–water partition coefficient (Wildman–Crippen LogP) is -1.41. The van der Waals surface area contributed by atoms with Crippen LogP contribution in [0.25, 0.3) is 0 Å². The Bertz CT molecular complexity index is 300. The van der Waals surface area contributed by atoms with Gasteiger partial charge in [0.15, 0.2) is 0 Å². The summed E-state index contributed by atoms with van der Waals surface area (Å²) in [4.78, 5) is 4.11. The fourth-order valence-corrected chi connectivity index (χ4v) is 1.40. The normalized spacial score (nSPS) is 37.1. The zero-order chi connectivity index (χ0) is 11.6. The molecule has 0 amide bonds. The minimum atomic E-state index is -4.77. The Kier molecular flexibility index (Phi) is 4.00. The number of hydrogen-bond donors (Lipinski definition) is 3. The summed E-state index contributed by atoms with van der Waals surface area (Å²) in [6.45, 7) is 1.70. The summed E-state index contributed by atoms with van der Waals surface area (Å²) in [5.41, 5.74) is 0. The van der Waals surface area contributed by atoms with E-state index in [0.717, 1.165) is 0 Å². The Morgan fingerprint density at radius 1 is 1.33 bits per heavy atom. The topological polar surface area (TPSA) is 123 Å². The summed E-state index contributed by atoms with van der Waals surface area (Å²) in [7, 11) is -4.77. The van der Waals surface area contributed by atoms with Crippen molar-refractivity contribution >= 4 is 10.4 Å². The molecule has 9 heteroatoms. The monoisotopic (exact) mass is 244 g/mol. The second-order valence-corrected chi connectivity index (χ2v) is 4.02. The number of hydrogen-bond acceptors (Lipinski definition) is 7. The second-order valence-electron chi connectivity index (χ2n) is 3.02. The molecule has 1 heterocycles. The van der Waals surface area contributed by atoms with Gasteiger partial charge < -0.3 is 14.9 Å². The number of ether oxygens (including phenoxy) is 1. The average molecular weight is 244 g/mol.